The highest BCUT2D eigenvalue weighted by atomic mass is 19.1. The second kappa shape index (κ2) is 9.05. The van der Waals surface area contributed by atoms with E-state index in [1.165, 1.54) is 12.1 Å². The molecule has 1 unspecified atom stereocenters. The number of halogens is 1. The van der Waals surface area contributed by atoms with E-state index in [1.54, 1.807) is 53.7 Å². The molecule has 1 amide bonds. The monoisotopic (exact) mass is 458 g/mol. The first-order valence-electron chi connectivity index (χ1n) is 11.2. The Balaban J connectivity index is 1.36. The molecule has 1 atom stereocenters. The summed E-state index contributed by atoms with van der Waals surface area (Å²) in [5.41, 5.74) is 1.73. The van der Waals surface area contributed by atoms with Crippen molar-refractivity contribution in [3.8, 4) is 0 Å². The van der Waals surface area contributed by atoms with Gasteiger partial charge >= 0.3 is 5.97 Å². The van der Waals surface area contributed by atoms with Crippen LogP contribution >= 0.6 is 0 Å². The molecule has 1 aromatic heterocycles. The van der Waals surface area contributed by atoms with Gasteiger partial charge in [-0.15, -0.1) is 0 Å². The van der Waals surface area contributed by atoms with Crippen LogP contribution in [0.3, 0.4) is 0 Å². The first-order chi connectivity index (χ1) is 16.5. The molecule has 0 N–H and O–H groups in total. The number of cyclic esters (lactones) is 1. The van der Waals surface area contributed by atoms with Gasteiger partial charge in [-0.2, -0.15) is 0 Å². The second-order valence-electron chi connectivity index (χ2n) is 8.21. The highest BCUT2D eigenvalue weighted by molar-refractivity contribution is 6.05. The van der Waals surface area contributed by atoms with Crippen molar-refractivity contribution in [3.05, 3.63) is 89.0 Å². The van der Waals surface area contributed by atoms with Gasteiger partial charge in [0, 0.05) is 37.6 Å². The van der Waals surface area contributed by atoms with E-state index in [4.69, 9.17) is 4.74 Å². The van der Waals surface area contributed by atoms with Crippen LogP contribution in [0.1, 0.15) is 45.2 Å². The lowest BCUT2D eigenvalue weighted by Gasteiger charge is -2.27. The molecule has 2 aliphatic rings. The molecule has 3 heterocycles. The van der Waals surface area contributed by atoms with Gasteiger partial charge in [-0.25, -0.2) is 19.2 Å². The van der Waals surface area contributed by atoms with Crippen molar-refractivity contribution in [2.24, 2.45) is 0 Å². The summed E-state index contributed by atoms with van der Waals surface area (Å²) >= 11 is 0. The van der Waals surface area contributed by atoms with E-state index in [2.05, 4.69) is 14.9 Å². The van der Waals surface area contributed by atoms with Crippen LogP contribution in [0.5, 0.6) is 0 Å². The van der Waals surface area contributed by atoms with Gasteiger partial charge in [-0.3, -0.25) is 4.79 Å². The van der Waals surface area contributed by atoms with Crippen molar-refractivity contribution in [1.82, 2.24) is 14.9 Å². The second-order valence-corrected chi connectivity index (χ2v) is 8.21. The van der Waals surface area contributed by atoms with Crippen molar-refractivity contribution >= 4 is 29.7 Å². The Morgan fingerprint density at radius 3 is 2.71 bits per heavy atom. The summed E-state index contributed by atoms with van der Waals surface area (Å²) in [6.45, 7) is 3.70. The zero-order valence-electron chi connectivity index (χ0n) is 18.6. The Bertz CT molecular complexity index is 1280. The number of hydrogen-bond acceptors (Lipinski definition) is 6. The molecular formula is C26H23FN4O3. The van der Waals surface area contributed by atoms with Crippen molar-refractivity contribution in [1.29, 1.82) is 0 Å². The Morgan fingerprint density at radius 2 is 1.94 bits per heavy atom. The standard InChI is InChI=1S/C26H23FN4O3/c1-2-31(26-28-11-5-12-29-26)18-10-13-30(16-18)24(32)21-14-17(8-9-22(21)27)15-23-19-6-3-4-7-20(19)25(33)34-23/h3-9,11-12,14-15,18H,2,10,13,16H2,1H3. The minimum absolute atomic E-state index is 0.00776. The van der Waals surface area contributed by atoms with Crippen LogP contribution in [0.2, 0.25) is 0 Å². The number of anilines is 1. The molecule has 172 valence electrons. The molecule has 7 nitrogen and oxygen atoms in total. The predicted octanol–water partition coefficient (Wildman–Crippen LogP) is 4.03. The molecular weight excluding hydrogens is 435 g/mol. The maximum atomic E-state index is 14.7. The van der Waals surface area contributed by atoms with E-state index < -0.39 is 11.8 Å². The summed E-state index contributed by atoms with van der Waals surface area (Å²) in [4.78, 5) is 37.7. The molecule has 34 heavy (non-hydrogen) atoms. The Hall–Kier alpha value is -4.07. The number of hydrogen-bond donors (Lipinski definition) is 0. The molecule has 1 saturated heterocycles. The minimum Gasteiger partial charge on any atom is -0.422 e. The molecule has 2 aliphatic heterocycles. The van der Waals surface area contributed by atoms with Crippen molar-refractivity contribution < 1.29 is 18.7 Å². The number of likely N-dealkylation sites (N-methyl/N-ethyl adjacent to an activating group) is 1. The number of carbonyl (C=O) groups is 2. The van der Waals surface area contributed by atoms with Crippen LogP contribution in [0, 0.1) is 5.82 Å². The molecule has 1 fully saturated rings. The Morgan fingerprint density at radius 1 is 1.18 bits per heavy atom. The third-order valence-corrected chi connectivity index (χ3v) is 6.17. The number of fused-ring (bicyclic) bond motifs is 1. The zero-order valence-corrected chi connectivity index (χ0v) is 18.6. The number of aromatic nitrogens is 2. The third kappa shape index (κ3) is 4.03. The smallest absolute Gasteiger partial charge is 0.344 e. The van der Waals surface area contributed by atoms with E-state index >= 15 is 0 Å². The quantitative estimate of drug-likeness (QED) is 0.538. The number of carbonyl (C=O) groups excluding carboxylic acids is 2. The van der Waals surface area contributed by atoms with Gasteiger partial charge in [-0.1, -0.05) is 24.3 Å². The fraction of sp³-hybridized carbons (Fsp3) is 0.231. The molecule has 0 saturated carbocycles. The van der Waals surface area contributed by atoms with Gasteiger partial charge in [0.1, 0.15) is 11.6 Å². The predicted molar refractivity (Wildman–Crippen MR) is 125 cm³/mol. The Kier molecular flexibility index (Phi) is 5.79. The molecule has 0 spiro atoms. The first kappa shape index (κ1) is 21.8. The van der Waals surface area contributed by atoms with Crippen LogP contribution in [0.25, 0.3) is 11.8 Å². The minimum atomic E-state index is -0.585. The summed E-state index contributed by atoms with van der Waals surface area (Å²) in [5, 5.41) is 0. The third-order valence-electron chi connectivity index (χ3n) is 6.17. The van der Waals surface area contributed by atoms with E-state index in [-0.39, 0.29) is 17.5 Å². The van der Waals surface area contributed by atoms with E-state index in [1.807, 2.05) is 13.0 Å². The number of rotatable bonds is 5. The van der Waals surface area contributed by atoms with E-state index in [0.717, 1.165) is 6.42 Å². The van der Waals surface area contributed by atoms with Crippen LogP contribution < -0.4 is 4.90 Å². The fourth-order valence-corrected chi connectivity index (χ4v) is 4.49. The van der Waals surface area contributed by atoms with E-state index in [0.29, 0.717) is 48.0 Å². The number of nitrogens with zero attached hydrogens (tertiary/aromatic N) is 4. The lowest BCUT2D eigenvalue weighted by Crippen LogP contribution is -2.40. The van der Waals surface area contributed by atoms with Crippen molar-refractivity contribution in [2.75, 3.05) is 24.5 Å². The summed E-state index contributed by atoms with van der Waals surface area (Å²) in [7, 11) is 0. The molecule has 0 bridgehead atoms. The summed E-state index contributed by atoms with van der Waals surface area (Å²) in [6.07, 6.45) is 5.78. The van der Waals surface area contributed by atoms with Crippen LogP contribution in [0.4, 0.5) is 10.3 Å². The van der Waals surface area contributed by atoms with Crippen LogP contribution in [-0.2, 0) is 4.74 Å². The van der Waals surface area contributed by atoms with Gasteiger partial charge < -0.3 is 14.5 Å². The highest BCUT2D eigenvalue weighted by Gasteiger charge is 2.32. The summed E-state index contributed by atoms with van der Waals surface area (Å²) in [6, 6.07) is 13.2. The summed E-state index contributed by atoms with van der Waals surface area (Å²) < 4.78 is 20.1. The summed E-state index contributed by atoms with van der Waals surface area (Å²) in [5.74, 6) is -0.373. The topological polar surface area (TPSA) is 75.6 Å². The molecule has 3 aromatic rings. The fourth-order valence-electron chi connectivity index (χ4n) is 4.49. The molecule has 0 radical (unpaired) electrons. The van der Waals surface area contributed by atoms with Gasteiger partial charge in [-0.05, 0) is 49.2 Å². The van der Waals surface area contributed by atoms with Crippen LogP contribution in [0.15, 0.2) is 60.9 Å². The highest BCUT2D eigenvalue weighted by Crippen LogP contribution is 2.31. The average Bonchev–Trinajstić information content (AvgIpc) is 3.47. The average molecular weight is 458 g/mol. The largest absolute Gasteiger partial charge is 0.422 e. The Labute approximate surface area is 196 Å². The molecule has 0 aliphatic carbocycles. The van der Waals surface area contributed by atoms with Crippen molar-refractivity contribution in [3.63, 3.8) is 0 Å². The lowest BCUT2D eigenvalue weighted by molar-refractivity contribution is 0.0716. The van der Waals surface area contributed by atoms with Crippen LogP contribution in [-0.4, -0.2) is 52.4 Å². The van der Waals surface area contributed by atoms with Gasteiger partial charge in [0.05, 0.1) is 17.2 Å². The maximum absolute atomic E-state index is 14.7. The maximum Gasteiger partial charge on any atom is 0.344 e. The number of benzene rings is 2. The van der Waals surface area contributed by atoms with E-state index in [9.17, 15) is 14.0 Å². The van der Waals surface area contributed by atoms with Gasteiger partial charge in [0.25, 0.3) is 5.91 Å². The lowest BCUT2D eigenvalue weighted by atomic mass is 10.0. The van der Waals surface area contributed by atoms with Gasteiger partial charge in [0.15, 0.2) is 0 Å². The number of ether oxygens (including phenoxy) is 1. The number of esters is 1. The number of likely N-dealkylation sites (tertiary alicyclic amines) is 1. The number of amides is 1. The van der Waals surface area contributed by atoms with Gasteiger partial charge in [0.2, 0.25) is 5.95 Å². The molecule has 2 aromatic carbocycles. The first-order valence-corrected chi connectivity index (χ1v) is 11.2. The normalized spacial score (nSPS) is 18.2. The SMILES string of the molecule is CCN(c1ncccn1)C1CCN(C(=O)c2cc(C=C3OC(=O)c4ccccc43)ccc2F)C1. The molecule has 5 rings (SSSR count). The molecule has 8 heteroatoms. The van der Waals surface area contributed by atoms with Crippen molar-refractivity contribution in [2.45, 2.75) is 19.4 Å². The zero-order chi connectivity index (χ0) is 23.7.